The summed E-state index contributed by atoms with van der Waals surface area (Å²) < 4.78 is 10.5. The zero-order valence-corrected chi connectivity index (χ0v) is 8.51. The maximum absolute atomic E-state index is 5.55. The van der Waals surface area contributed by atoms with E-state index in [1.54, 1.807) is 13.3 Å². The van der Waals surface area contributed by atoms with Gasteiger partial charge in [-0.3, -0.25) is 0 Å². The minimum absolute atomic E-state index is 0.532. The third kappa shape index (κ3) is 2.22. The number of benzene rings is 1. The van der Waals surface area contributed by atoms with Crippen molar-refractivity contribution in [1.29, 1.82) is 0 Å². The van der Waals surface area contributed by atoms with Crippen LogP contribution in [0.15, 0.2) is 30.7 Å². The van der Waals surface area contributed by atoms with Crippen LogP contribution in [-0.2, 0) is 4.74 Å². The fourth-order valence-electron chi connectivity index (χ4n) is 1.34. The molecule has 0 atom stereocenters. The van der Waals surface area contributed by atoms with E-state index in [1.807, 2.05) is 18.2 Å². The Balaban J connectivity index is 2.26. The second-order valence-electron chi connectivity index (χ2n) is 3.05. The Kier molecular flexibility index (Phi) is 3.09. The average molecular weight is 204 g/mol. The van der Waals surface area contributed by atoms with Gasteiger partial charge in [-0.2, -0.15) is 0 Å². The lowest BCUT2D eigenvalue weighted by atomic mass is 10.2. The summed E-state index contributed by atoms with van der Waals surface area (Å²) >= 11 is 0. The normalized spacial score (nSPS) is 10.5. The van der Waals surface area contributed by atoms with Gasteiger partial charge >= 0.3 is 0 Å². The molecule has 0 amide bonds. The van der Waals surface area contributed by atoms with Gasteiger partial charge in [0.1, 0.15) is 18.7 Å². The van der Waals surface area contributed by atoms with Gasteiger partial charge in [-0.05, 0) is 12.1 Å². The number of methoxy groups -OCH3 is 1. The monoisotopic (exact) mass is 204 g/mol. The molecule has 0 aliphatic carbocycles. The van der Waals surface area contributed by atoms with Crippen LogP contribution < -0.4 is 4.74 Å². The summed E-state index contributed by atoms with van der Waals surface area (Å²) in [6.07, 6.45) is 3.28. The molecule has 2 aromatic rings. The van der Waals surface area contributed by atoms with Gasteiger partial charge in [-0.15, -0.1) is 0 Å². The van der Waals surface area contributed by atoms with Gasteiger partial charge in [0.2, 0.25) is 0 Å². The van der Waals surface area contributed by atoms with Crippen molar-refractivity contribution >= 4 is 10.9 Å². The first-order valence-electron chi connectivity index (χ1n) is 4.72. The first-order chi connectivity index (χ1) is 7.42. The molecule has 0 saturated carbocycles. The molecule has 15 heavy (non-hydrogen) atoms. The molecule has 0 aliphatic rings. The predicted molar refractivity (Wildman–Crippen MR) is 56.9 cm³/mol. The van der Waals surface area contributed by atoms with Crippen LogP contribution >= 0.6 is 0 Å². The highest BCUT2D eigenvalue weighted by molar-refractivity contribution is 5.83. The summed E-state index contributed by atoms with van der Waals surface area (Å²) in [5, 5.41) is 0.927. The Labute approximate surface area is 87.9 Å². The molecular formula is C11H12N2O2. The van der Waals surface area contributed by atoms with Crippen molar-refractivity contribution in [2.24, 2.45) is 0 Å². The molecule has 0 saturated heterocycles. The first-order valence-corrected chi connectivity index (χ1v) is 4.72. The highest BCUT2D eigenvalue weighted by Crippen LogP contribution is 2.22. The molecule has 0 unspecified atom stereocenters. The highest BCUT2D eigenvalue weighted by atomic mass is 16.5. The van der Waals surface area contributed by atoms with Crippen LogP contribution in [0.3, 0.4) is 0 Å². The van der Waals surface area contributed by atoms with Crippen molar-refractivity contribution in [2.45, 2.75) is 0 Å². The summed E-state index contributed by atoms with van der Waals surface area (Å²) in [5.41, 5.74) is 0.889. The minimum Gasteiger partial charge on any atom is -0.490 e. The maximum atomic E-state index is 5.55. The summed E-state index contributed by atoms with van der Waals surface area (Å²) in [6.45, 7) is 1.11. The Hall–Kier alpha value is -1.68. The number of hydrogen-bond acceptors (Lipinski definition) is 4. The maximum Gasteiger partial charge on any atom is 0.130 e. The van der Waals surface area contributed by atoms with Crippen LogP contribution in [-0.4, -0.2) is 30.3 Å². The van der Waals surface area contributed by atoms with E-state index in [0.29, 0.717) is 13.2 Å². The van der Waals surface area contributed by atoms with Gasteiger partial charge in [-0.1, -0.05) is 6.07 Å². The second-order valence-corrected chi connectivity index (χ2v) is 3.05. The summed E-state index contributed by atoms with van der Waals surface area (Å²) in [7, 11) is 1.65. The van der Waals surface area contributed by atoms with E-state index in [0.717, 1.165) is 16.7 Å². The van der Waals surface area contributed by atoms with E-state index in [-0.39, 0.29) is 0 Å². The Morgan fingerprint density at radius 1 is 1.27 bits per heavy atom. The lowest BCUT2D eigenvalue weighted by Crippen LogP contribution is -2.04. The first kappa shape index (κ1) is 9.86. The van der Waals surface area contributed by atoms with E-state index in [9.17, 15) is 0 Å². The largest absolute Gasteiger partial charge is 0.490 e. The number of nitrogens with zero attached hydrogens (tertiary/aromatic N) is 2. The van der Waals surface area contributed by atoms with E-state index in [4.69, 9.17) is 9.47 Å². The zero-order chi connectivity index (χ0) is 10.5. The number of hydrogen-bond donors (Lipinski definition) is 0. The molecule has 0 spiro atoms. The van der Waals surface area contributed by atoms with Crippen LogP contribution in [0.25, 0.3) is 10.9 Å². The van der Waals surface area contributed by atoms with Gasteiger partial charge in [0, 0.05) is 13.3 Å². The van der Waals surface area contributed by atoms with E-state index in [1.165, 1.54) is 6.33 Å². The van der Waals surface area contributed by atoms with E-state index < -0.39 is 0 Å². The third-order valence-corrected chi connectivity index (χ3v) is 2.06. The molecule has 0 aliphatic heterocycles. The van der Waals surface area contributed by atoms with Gasteiger partial charge in [0.25, 0.3) is 0 Å². The van der Waals surface area contributed by atoms with Crippen molar-refractivity contribution in [1.82, 2.24) is 9.97 Å². The lowest BCUT2D eigenvalue weighted by Gasteiger charge is -2.07. The molecule has 2 rings (SSSR count). The second kappa shape index (κ2) is 4.70. The number of aromatic nitrogens is 2. The van der Waals surface area contributed by atoms with Crippen LogP contribution in [0.4, 0.5) is 0 Å². The van der Waals surface area contributed by atoms with Crippen LogP contribution in [0, 0.1) is 0 Å². The smallest absolute Gasteiger partial charge is 0.130 e. The minimum atomic E-state index is 0.532. The van der Waals surface area contributed by atoms with Crippen LogP contribution in [0.5, 0.6) is 5.75 Å². The molecule has 1 heterocycles. The molecule has 0 radical (unpaired) electrons. The molecule has 4 nitrogen and oxygen atoms in total. The topological polar surface area (TPSA) is 44.2 Å². The van der Waals surface area contributed by atoms with Crippen LogP contribution in [0.2, 0.25) is 0 Å². The van der Waals surface area contributed by atoms with Gasteiger partial charge in [0.15, 0.2) is 0 Å². The Morgan fingerprint density at radius 2 is 2.20 bits per heavy atom. The van der Waals surface area contributed by atoms with E-state index >= 15 is 0 Å². The van der Waals surface area contributed by atoms with Crippen molar-refractivity contribution in [3.05, 3.63) is 30.7 Å². The molecule has 0 N–H and O–H groups in total. The van der Waals surface area contributed by atoms with Crippen molar-refractivity contribution in [3.8, 4) is 5.75 Å². The van der Waals surface area contributed by atoms with Crippen molar-refractivity contribution in [2.75, 3.05) is 20.3 Å². The van der Waals surface area contributed by atoms with Crippen molar-refractivity contribution in [3.63, 3.8) is 0 Å². The standard InChI is InChI=1S/C11H12N2O2/c1-14-5-6-15-11-4-2-3-10-9(11)7-12-8-13-10/h2-4,7-8H,5-6H2,1H3. The average Bonchev–Trinajstić information content (AvgIpc) is 2.30. The Morgan fingerprint density at radius 3 is 3.07 bits per heavy atom. The molecule has 1 aromatic heterocycles. The zero-order valence-electron chi connectivity index (χ0n) is 8.51. The molecule has 1 aromatic carbocycles. The lowest BCUT2D eigenvalue weighted by molar-refractivity contribution is 0.147. The fraction of sp³-hybridized carbons (Fsp3) is 0.273. The number of ether oxygens (including phenoxy) is 2. The van der Waals surface area contributed by atoms with Gasteiger partial charge < -0.3 is 9.47 Å². The highest BCUT2D eigenvalue weighted by Gasteiger charge is 2.01. The Bertz CT molecular complexity index is 440. The summed E-state index contributed by atoms with van der Waals surface area (Å²) in [5.74, 6) is 0.796. The fourth-order valence-corrected chi connectivity index (χ4v) is 1.34. The molecule has 78 valence electrons. The van der Waals surface area contributed by atoms with Crippen molar-refractivity contribution < 1.29 is 9.47 Å². The molecule has 4 heteroatoms. The van der Waals surface area contributed by atoms with Gasteiger partial charge in [-0.25, -0.2) is 9.97 Å². The number of fused-ring (bicyclic) bond motifs is 1. The SMILES string of the molecule is COCCOc1cccc2ncncc12. The third-order valence-electron chi connectivity index (χ3n) is 2.06. The summed E-state index contributed by atoms with van der Waals surface area (Å²) in [4.78, 5) is 8.13. The quantitative estimate of drug-likeness (QED) is 0.710. The number of rotatable bonds is 4. The molecule has 0 bridgehead atoms. The molecular weight excluding hydrogens is 192 g/mol. The predicted octanol–water partition coefficient (Wildman–Crippen LogP) is 1.66. The van der Waals surface area contributed by atoms with E-state index in [2.05, 4.69) is 9.97 Å². The molecule has 0 fully saturated rings. The van der Waals surface area contributed by atoms with Gasteiger partial charge in [0.05, 0.1) is 17.5 Å². The van der Waals surface area contributed by atoms with Crippen LogP contribution in [0.1, 0.15) is 0 Å². The summed E-state index contributed by atoms with van der Waals surface area (Å²) in [6, 6.07) is 5.75.